The standard InChI is InChI=1S/C21H25N3O2/c1-4-23-18-11-7-8-12-19(18)24(21(23)26)14-20(25)22-16(3)13-17-10-6-5-9-15(17)2/h5-12,16H,4,13-14H2,1-3H3,(H,22,25)/t16-/m1/s1. The minimum atomic E-state index is -0.146. The van der Waals surface area contributed by atoms with Gasteiger partial charge in [-0.15, -0.1) is 0 Å². The number of carbonyl (C=O) groups excluding carboxylic acids is 1. The van der Waals surface area contributed by atoms with Gasteiger partial charge in [-0.1, -0.05) is 36.4 Å². The van der Waals surface area contributed by atoms with Crippen LogP contribution in [0.5, 0.6) is 0 Å². The Labute approximate surface area is 153 Å². The van der Waals surface area contributed by atoms with Gasteiger partial charge in [0, 0.05) is 12.6 Å². The van der Waals surface area contributed by atoms with Crippen LogP contribution >= 0.6 is 0 Å². The summed E-state index contributed by atoms with van der Waals surface area (Å²) in [6, 6.07) is 15.8. The molecule has 0 aliphatic rings. The molecule has 0 spiro atoms. The van der Waals surface area contributed by atoms with E-state index in [1.54, 1.807) is 9.13 Å². The zero-order chi connectivity index (χ0) is 18.7. The third kappa shape index (κ3) is 3.57. The van der Waals surface area contributed by atoms with Crippen molar-refractivity contribution in [2.75, 3.05) is 0 Å². The molecule has 1 N–H and O–H groups in total. The van der Waals surface area contributed by atoms with Crippen LogP contribution in [0.4, 0.5) is 0 Å². The maximum atomic E-state index is 12.6. The third-order valence-electron chi connectivity index (χ3n) is 4.74. The van der Waals surface area contributed by atoms with Crippen LogP contribution in [0.2, 0.25) is 0 Å². The first-order valence-corrected chi connectivity index (χ1v) is 9.03. The van der Waals surface area contributed by atoms with E-state index in [1.165, 1.54) is 11.1 Å². The van der Waals surface area contributed by atoms with E-state index in [2.05, 4.69) is 24.4 Å². The molecule has 0 aliphatic heterocycles. The van der Waals surface area contributed by atoms with Gasteiger partial charge in [0.15, 0.2) is 0 Å². The Bertz CT molecular complexity index is 984. The second-order valence-corrected chi connectivity index (χ2v) is 6.70. The molecule has 136 valence electrons. The molecule has 1 atom stereocenters. The number of hydrogen-bond acceptors (Lipinski definition) is 2. The Morgan fingerprint density at radius 2 is 1.65 bits per heavy atom. The highest BCUT2D eigenvalue weighted by atomic mass is 16.2. The minimum Gasteiger partial charge on any atom is -0.352 e. The maximum Gasteiger partial charge on any atom is 0.329 e. The van der Waals surface area contributed by atoms with E-state index in [0.29, 0.717) is 6.54 Å². The number of nitrogens with one attached hydrogen (secondary N) is 1. The van der Waals surface area contributed by atoms with E-state index in [9.17, 15) is 9.59 Å². The van der Waals surface area contributed by atoms with Gasteiger partial charge in [0.2, 0.25) is 5.91 Å². The quantitative estimate of drug-likeness (QED) is 0.742. The summed E-state index contributed by atoms with van der Waals surface area (Å²) in [5.41, 5.74) is 3.95. The summed E-state index contributed by atoms with van der Waals surface area (Å²) in [6.45, 7) is 6.61. The summed E-state index contributed by atoms with van der Waals surface area (Å²) in [4.78, 5) is 25.1. The summed E-state index contributed by atoms with van der Waals surface area (Å²) >= 11 is 0. The molecule has 0 radical (unpaired) electrons. The molecule has 1 heterocycles. The van der Waals surface area contributed by atoms with Crippen LogP contribution in [-0.4, -0.2) is 21.1 Å². The fourth-order valence-electron chi connectivity index (χ4n) is 3.41. The molecule has 1 amide bonds. The number of hydrogen-bond donors (Lipinski definition) is 1. The molecule has 3 rings (SSSR count). The van der Waals surface area contributed by atoms with Gasteiger partial charge in [-0.05, 0) is 50.5 Å². The molecule has 0 aliphatic carbocycles. The molecule has 2 aromatic carbocycles. The number of para-hydroxylation sites is 2. The van der Waals surface area contributed by atoms with E-state index >= 15 is 0 Å². The van der Waals surface area contributed by atoms with Crippen LogP contribution in [0.3, 0.4) is 0 Å². The lowest BCUT2D eigenvalue weighted by atomic mass is 10.0. The zero-order valence-electron chi connectivity index (χ0n) is 15.5. The average molecular weight is 351 g/mol. The minimum absolute atomic E-state index is 0.00109. The maximum absolute atomic E-state index is 12.6. The molecular weight excluding hydrogens is 326 g/mol. The van der Waals surface area contributed by atoms with Crippen LogP contribution in [0.15, 0.2) is 53.3 Å². The van der Waals surface area contributed by atoms with E-state index in [1.807, 2.05) is 50.2 Å². The SMILES string of the molecule is CCn1c(=O)n(CC(=O)N[C@H](C)Cc2ccccc2C)c2ccccc21. The Balaban J connectivity index is 1.74. The third-order valence-corrected chi connectivity index (χ3v) is 4.74. The summed E-state index contributed by atoms with van der Waals surface area (Å²) in [6.07, 6.45) is 0.768. The van der Waals surface area contributed by atoms with Crippen molar-refractivity contribution in [1.29, 1.82) is 0 Å². The van der Waals surface area contributed by atoms with Gasteiger partial charge in [-0.2, -0.15) is 0 Å². The number of nitrogens with zero attached hydrogens (tertiary/aromatic N) is 2. The Morgan fingerprint density at radius 1 is 1.04 bits per heavy atom. The van der Waals surface area contributed by atoms with Crippen molar-refractivity contribution in [2.24, 2.45) is 0 Å². The van der Waals surface area contributed by atoms with Gasteiger partial charge in [0.05, 0.1) is 11.0 Å². The molecule has 0 bridgehead atoms. The Hall–Kier alpha value is -2.82. The molecule has 5 nitrogen and oxygen atoms in total. The number of fused-ring (bicyclic) bond motifs is 1. The summed E-state index contributed by atoms with van der Waals surface area (Å²) < 4.78 is 3.24. The average Bonchev–Trinajstić information content (AvgIpc) is 2.88. The molecule has 1 aromatic heterocycles. The molecular formula is C21H25N3O2. The number of benzene rings is 2. The number of rotatable bonds is 6. The van der Waals surface area contributed by atoms with Crippen molar-refractivity contribution in [3.8, 4) is 0 Å². The first-order valence-electron chi connectivity index (χ1n) is 9.03. The lowest BCUT2D eigenvalue weighted by Gasteiger charge is -2.15. The van der Waals surface area contributed by atoms with Crippen LogP contribution in [0.1, 0.15) is 25.0 Å². The molecule has 0 saturated heterocycles. The smallest absolute Gasteiger partial charge is 0.329 e. The van der Waals surface area contributed by atoms with Crippen LogP contribution in [-0.2, 0) is 24.3 Å². The fraction of sp³-hybridized carbons (Fsp3) is 0.333. The molecule has 26 heavy (non-hydrogen) atoms. The van der Waals surface area contributed by atoms with E-state index in [4.69, 9.17) is 0 Å². The number of imidazole rings is 1. The lowest BCUT2D eigenvalue weighted by Crippen LogP contribution is -2.38. The Kier molecular flexibility index (Phi) is 5.26. The summed E-state index contributed by atoms with van der Waals surface area (Å²) in [5.74, 6) is -0.146. The fourth-order valence-corrected chi connectivity index (χ4v) is 3.41. The van der Waals surface area contributed by atoms with Crippen molar-refractivity contribution >= 4 is 16.9 Å². The lowest BCUT2D eigenvalue weighted by molar-refractivity contribution is -0.122. The van der Waals surface area contributed by atoms with Crippen molar-refractivity contribution < 1.29 is 4.79 Å². The van der Waals surface area contributed by atoms with Crippen LogP contribution < -0.4 is 11.0 Å². The number of amides is 1. The van der Waals surface area contributed by atoms with E-state index in [0.717, 1.165) is 17.5 Å². The highest BCUT2D eigenvalue weighted by molar-refractivity contribution is 5.81. The van der Waals surface area contributed by atoms with Gasteiger partial charge in [0.25, 0.3) is 0 Å². The van der Waals surface area contributed by atoms with Gasteiger partial charge in [-0.25, -0.2) is 4.79 Å². The van der Waals surface area contributed by atoms with Gasteiger partial charge in [-0.3, -0.25) is 13.9 Å². The van der Waals surface area contributed by atoms with Crippen molar-refractivity contribution in [1.82, 2.24) is 14.5 Å². The predicted octanol–water partition coefficient (Wildman–Crippen LogP) is 2.88. The van der Waals surface area contributed by atoms with Crippen molar-refractivity contribution in [3.05, 3.63) is 70.1 Å². The number of aromatic nitrogens is 2. The first kappa shape index (κ1) is 18.0. The van der Waals surface area contributed by atoms with E-state index < -0.39 is 0 Å². The molecule has 0 fully saturated rings. The molecule has 0 saturated carbocycles. The van der Waals surface area contributed by atoms with Crippen LogP contribution in [0, 0.1) is 6.92 Å². The second-order valence-electron chi connectivity index (χ2n) is 6.70. The van der Waals surface area contributed by atoms with Crippen molar-refractivity contribution in [3.63, 3.8) is 0 Å². The highest BCUT2D eigenvalue weighted by Crippen LogP contribution is 2.13. The largest absolute Gasteiger partial charge is 0.352 e. The number of aryl methyl sites for hydroxylation is 2. The Morgan fingerprint density at radius 3 is 2.31 bits per heavy atom. The zero-order valence-corrected chi connectivity index (χ0v) is 15.5. The molecule has 3 aromatic rings. The van der Waals surface area contributed by atoms with Gasteiger partial charge < -0.3 is 5.32 Å². The number of carbonyl (C=O) groups is 1. The predicted molar refractivity (Wildman–Crippen MR) is 104 cm³/mol. The molecule has 5 heteroatoms. The normalized spacial score (nSPS) is 12.3. The van der Waals surface area contributed by atoms with E-state index in [-0.39, 0.29) is 24.2 Å². The summed E-state index contributed by atoms with van der Waals surface area (Å²) in [5, 5.41) is 3.02. The highest BCUT2D eigenvalue weighted by Gasteiger charge is 2.16. The second kappa shape index (κ2) is 7.60. The first-order chi connectivity index (χ1) is 12.5. The van der Waals surface area contributed by atoms with Crippen LogP contribution in [0.25, 0.3) is 11.0 Å². The molecule has 0 unspecified atom stereocenters. The monoisotopic (exact) mass is 351 g/mol. The van der Waals surface area contributed by atoms with Gasteiger partial charge in [0.1, 0.15) is 6.54 Å². The van der Waals surface area contributed by atoms with Crippen molar-refractivity contribution in [2.45, 2.75) is 46.3 Å². The summed E-state index contributed by atoms with van der Waals surface area (Å²) in [7, 11) is 0. The topological polar surface area (TPSA) is 56.0 Å². The van der Waals surface area contributed by atoms with Gasteiger partial charge >= 0.3 is 5.69 Å².